The molecule has 5 heteroatoms. The number of aromatic nitrogens is 3. The topological polar surface area (TPSA) is 42.7 Å². The van der Waals surface area contributed by atoms with Crippen LogP contribution in [0.25, 0.3) is 0 Å². The van der Waals surface area contributed by atoms with Crippen molar-refractivity contribution in [1.82, 2.24) is 20.1 Å². The van der Waals surface area contributed by atoms with Gasteiger partial charge in [-0.1, -0.05) is 32.0 Å². The normalized spacial score (nSPS) is 17.4. The van der Waals surface area contributed by atoms with Crippen molar-refractivity contribution in [3.8, 4) is 0 Å². The number of rotatable bonds is 6. The molecule has 1 aromatic carbocycles. The summed E-state index contributed by atoms with van der Waals surface area (Å²) in [6.45, 7) is 7.09. The van der Waals surface area contributed by atoms with Crippen LogP contribution in [-0.2, 0) is 19.5 Å². The molecule has 0 amide bonds. The first-order valence-electron chi connectivity index (χ1n) is 7.54. The summed E-state index contributed by atoms with van der Waals surface area (Å²) in [7, 11) is 0. The van der Waals surface area contributed by atoms with Crippen LogP contribution in [0.4, 0.5) is 0 Å². The van der Waals surface area contributed by atoms with Gasteiger partial charge >= 0.3 is 0 Å². The van der Waals surface area contributed by atoms with Crippen molar-refractivity contribution in [1.29, 1.82) is 0 Å². The maximum atomic E-state index is 4.56. The molecule has 1 aromatic heterocycles. The van der Waals surface area contributed by atoms with Crippen molar-refractivity contribution >= 4 is 11.8 Å². The number of nitrogens with one attached hydrogen (secondary N) is 1. The van der Waals surface area contributed by atoms with Crippen LogP contribution >= 0.6 is 11.8 Å². The van der Waals surface area contributed by atoms with Crippen molar-refractivity contribution in [2.45, 2.75) is 43.5 Å². The summed E-state index contributed by atoms with van der Waals surface area (Å²) < 4.78 is 1.98. The third-order valence-corrected chi connectivity index (χ3v) is 4.83. The molecule has 0 radical (unpaired) electrons. The van der Waals surface area contributed by atoms with Gasteiger partial charge in [0.15, 0.2) is 5.82 Å². The van der Waals surface area contributed by atoms with Crippen LogP contribution in [-0.4, -0.2) is 26.6 Å². The van der Waals surface area contributed by atoms with Crippen LogP contribution in [0.2, 0.25) is 0 Å². The molecule has 0 aliphatic carbocycles. The molecule has 1 unspecified atom stereocenters. The van der Waals surface area contributed by atoms with Gasteiger partial charge in [0.25, 0.3) is 0 Å². The first-order chi connectivity index (χ1) is 10.2. The van der Waals surface area contributed by atoms with Crippen LogP contribution in [0.1, 0.15) is 25.2 Å². The zero-order valence-corrected chi connectivity index (χ0v) is 13.4. The fourth-order valence-electron chi connectivity index (χ4n) is 2.54. The molecule has 0 spiro atoms. The molecule has 0 bridgehead atoms. The maximum Gasteiger partial charge on any atom is 0.164 e. The first-order valence-corrected chi connectivity index (χ1v) is 8.42. The number of benzene rings is 1. The highest BCUT2D eigenvalue weighted by Gasteiger charge is 2.22. The van der Waals surface area contributed by atoms with Crippen molar-refractivity contribution in [2.75, 3.05) is 6.54 Å². The lowest BCUT2D eigenvalue weighted by molar-refractivity contribution is 0.534. The Kier molecular flexibility index (Phi) is 4.60. The Morgan fingerprint density at radius 2 is 2.24 bits per heavy atom. The van der Waals surface area contributed by atoms with Gasteiger partial charge in [-0.3, -0.25) is 4.68 Å². The van der Waals surface area contributed by atoms with Crippen LogP contribution in [0, 0.1) is 5.92 Å². The molecular weight excluding hydrogens is 280 g/mol. The summed E-state index contributed by atoms with van der Waals surface area (Å²) in [4.78, 5) is 5.80. The molecule has 4 nitrogen and oxygen atoms in total. The summed E-state index contributed by atoms with van der Waals surface area (Å²) in [5.74, 6) is 1.54. The van der Waals surface area contributed by atoms with Crippen LogP contribution in [0.15, 0.2) is 35.5 Å². The third-order valence-electron chi connectivity index (χ3n) is 3.52. The Hall–Kier alpha value is -1.33. The lowest BCUT2D eigenvalue weighted by Gasteiger charge is -2.07. The van der Waals surface area contributed by atoms with Crippen molar-refractivity contribution in [2.24, 2.45) is 5.92 Å². The Morgan fingerprint density at radius 3 is 3.05 bits per heavy atom. The number of nitrogens with zero attached hydrogens (tertiary/aromatic N) is 3. The Bertz CT molecular complexity index is 568. The van der Waals surface area contributed by atoms with E-state index >= 15 is 0 Å². The molecule has 3 rings (SSSR count). The van der Waals surface area contributed by atoms with Gasteiger partial charge < -0.3 is 5.32 Å². The van der Waals surface area contributed by atoms with Crippen LogP contribution in [0.3, 0.4) is 0 Å². The maximum absolute atomic E-state index is 4.56. The van der Waals surface area contributed by atoms with E-state index in [1.54, 1.807) is 0 Å². The molecule has 1 N–H and O–H groups in total. The summed E-state index contributed by atoms with van der Waals surface area (Å²) in [6.07, 6.45) is 2.98. The van der Waals surface area contributed by atoms with Gasteiger partial charge in [0.2, 0.25) is 0 Å². The molecule has 0 fully saturated rings. The quantitative estimate of drug-likeness (QED) is 0.891. The zero-order valence-electron chi connectivity index (χ0n) is 12.6. The lowest BCUT2D eigenvalue weighted by Crippen LogP contribution is -2.20. The number of fused-ring (bicyclic) bond motifs is 1. The second-order valence-corrected chi connectivity index (χ2v) is 7.30. The summed E-state index contributed by atoms with van der Waals surface area (Å²) in [5, 5.41) is 8.51. The Balaban J connectivity index is 1.52. The van der Waals surface area contributed by atoms with E-state index in [2.05, 4.69) is 53.5 Å². The smallest absolute Gasteiger partial charge is 0.164 e. The van der Waals surface area contributed by atoms with E-state index in [1.165, 1.54) is 10.5 Å². The Morgan fingerprint density at radius 1 is 1.38 bits per heavy atom. The standard InChI is InChI=1S/C16H22N4S/c1-12(2)8-17-9-16-18-11-20(19-16)10-14-7-13-5-3-4-6-15(13)21-14/h3-6,11-12,14,17H,7-10H2,1-2H3. The molecule has 1 atom stereocenters. The SMILES string of the molecule is CC(C)CNCc1ncn(CC2Cc3ccccc3S2)n1. The van der Waals surface area contributed by atoms with Gasteiger partial charge in [-0.2, -0.15) is 5.10 Å². The van der Waals surface area contributed by atoms with Gasteiger partial charge in [-0.05, 0) is 30.5 Å². The number of hydrogen-bond acceptors (Lipinski definition) is 4. The van der Waals surface area contributed by atoms with Crippen molar-refractivity contribution < 1.29 is 0 Å². The highest BCUT2D eigenvalue weighted by molar-refractivity contribution is 8.00. The van der Waals surface area contributed by atoms with Crippen molar-refractivity contribution in [3.05, 3.63) is 42.0 Å². The largest absolute Gasteiger partial charge is 0.310 e. The van der Waals surface area contributed by atoms with Gasteiger partial charge in [0.1, 0.15) is 6.33 Å². The monoisotopic (exact) mass is 302 g/mol. The van der Waals surface area contributed by atoms with E-state index in [-0.39, 0.29) is 0 Å². The van der Waals surface area contributed by atoms with Crippen LogP contribution < -0.4 is 5.32 Å². The second-order valence-electron chi connectivity index (χ2n) is 5.96. The van der Waals surface area contributed by atoms with E-state index < -0.39 is 0 Å². The average Bonchev–Trinajstić information content (AvgIpc) is 3.04. The fraction of sp³-hybridized carbons (Fsp3) is 0.500. The second kappa shape index (κ2) is 6.62. The summed E-state index contributed by atoms with van der Waals surface area (Å²) in [5.41, 5.74) is 1.46. The van der Waals surface area contributed by atoms with Crippen molar-refractivity contribution in [3.63, 3.8) is 0 Å². The number of thioether (sulfide) groups is 1. The molecule has 0 saturated heterocycles. The number of hydrogen-bond donors (Lipinski definition) is 1. The fourth-order valence-corrected chi connectivity index (χ4v) is 3.85. The Labute approximate surface area is 130 Å². The van der Waals surface area contributed by atoms with E-state index in [4.69, 9.17) is 0 Å². The van der Waals surface area contributed by atoms with Gasteiger partial charge in [-0.25, -0.2) is 4.98 Å². The average molecular weight is 302 g/mol. The minimum absolute atomic E-state index is 0.570. The van der Waals surface area contributed by atoms with Gasteiger partial charge in [0.05, 0.1) is 13.1 Å². The van der Waals surface area contributed by atoms with E-state index in [0.717, 1.165) is 31.9 Å². The third kappa shape index (κ3) is 3.86. The van der Waals surface area contributed by atoms with E-state index in [9.17, 15) is 0 Å². The molecule has 21 heavy (non-hydrogen) atoms. The molecular formula is C16H22N4S. The molecule has 2 heterocycles. The summed E-state index contributed by atoms with van der Waals surface area (Å²) in [6, 6.07) is 8.67. The molecule has 1 aliphatic rings. The highest BCUT2D eigenvalue weighted by Crippen LogP contribution is 2.37. The zero-order chi connectivity index (χ0) is 14.7. The van der Waals surface area contributed by atoms with Gasteiger partial charge in [-0.15, -0.1) is 11.8 Å². The van der Waals surface area contributed by atoms with Crippen LogP contribution in [0.5, 0.6) is 0 Å². The molecule has 112 valence electrons. The lowest BCUT2D eigenvalue weighted by atomic mass is 10.1. The first kappa shape index (κ1) is 14.6. The van der Waals surface area contributed by atoms with Gasteiger partial charge in [0, 0.05) is 10.1 Å². The summed E-state index contributed by atoms with van der Waals surface area (Å²) >= 11 is 1.96. The molecule has 2 aromatic rings. The predicted octanol–water partition coefficient (Wildman–Crippen LogP) is 2.74. The predicted molar refractivity (Wildman–Crippen MR) is 86.4 cm³/mol. The van der Waals surface area contributed by atoms with E-state index in [1.807, 2.05) is 22.8 Å². The minimum Gasteiger partial charge on any atom is -0.310 e. The van der Waals surface area contributed by atoms with E-state index in [0.29, 0.717) is 11.2 Å². The highest BCUT2D eigenvalue weighted by atomic mass is 32.2. The molecule has 0 saturated carbocycles. The molecule has 1 aliphatic heterocycles. The minimum atomic E-state index is 0.570.